The molecule has 5 nitrogen and oxygen atoms in total. The van der Waals surface area contributed by atoms with Crippen LogP contribution in [0.2, 0.25) is 0 Å². The number of hydrogen-bond acceptors (Lipinski definition) is 5. The van der Waals surface area contributed by atoms with Crippen LogP contribution < -0.4 is 5.32 Å². The number of carbonyl (C=O) groups excluding carboxylic acids is 2. The van der Waals surface area contributed by atoms with Gasteiger partial charge < -0.3 is 10.1 Å². The zero-order valence-corrected chi connectivity index (χ0v) is 13.1. The molecule has 1 heterocycles. The number of carbonyl (C=O) groups is 2. The first-order valence-electron chi connectivity index (χ1n) is 7.25. The maximum Gasteiger partial charge on any atom is 0.338 e. The fourth-order valence-electron chi connectivity index (χ4n) is 2.56. The van der Waals surface area contributed by atoms with Crippen molar-refractivity contribution in [2.24, 2.45) is 0 Å². The van der Waals surface area contributed by atoms with Crippen LogP contribution in [0.5, 0.6) is 0 Å². The summed E-state index contributed by atoms with van der Waals surface area (Å²) in [7, 11) is 0. The number of aryl methyl sites for hydroxylation is 1. The van der Waals surface area contributed by atoms with E-state index < -0.39 is 11.9 Å². The van der Waals surface area contributed by atoms with E-state index in [-0.39, 0.29) is 6.61 Å². The van der Waals surface area contributed by atoms with Gasteiger partial charge in [0.2, 0.25) is 0 Å². The van der Waals surface area contributed by atoms with Crippen molar-refractivity contribution in [3.8, 4) is 6.07 Å². The van der Waals surface area contributed by atoms with Crippen molar-refractivity contribution in [2.45, 2.75) is 19.3 Å². The molecule has 0 spiro atoms. The van der Waals surface area contributed by atoms with E-state index in [1.54, 1.807) is 30.3 Å². The molecule has 0 aliphatic heterocycles. The lowest BCUT2D eigenvalue weighted by Crippen LogP contribution is -2.20. The number of hydrogen-bond donors (Lipinski definition) is 1. The van der Waals surface area contributed by atoms with E-state index in [0.717, 1.165) is 29.7 Å². The molecule has 1 N–H and O–H groups in total. The van der Waals surface area contributed by atoms with Gasteiger partial charge in [0.15, 0.2) is 6.61 Å². The molecule has 0 atom stereocenters. The standard InChI is InChI=1S/C17H14N2O3S/c18-9-13-12-7-4-8-14(12)23-16(13)19-15(20)10-22-17(21)11-5-2-1-3-6-11/h1-3,5-6H,4,7-8,10H2,(H,19,20). The molecule has 2 aromatic rings. The van der Waals surface area contributed by atoms with Gasteiger partial charge in [0, 0.05) is 4.88 Å². The van der Waals surface area contributed by atoms with Crippen LogP contribution in [0.25, 0.3) is 0 Å². The molecule has 3 rings (SSSR count). The summed E-state index contributed by atoms with van der Waals surface area (Å²) in [5.41, 5.74) is 1.99. The van der Waals surface area contributed by atoms with Crippen molar-refractivity contribution in [3.63, 3.8) is 0 Å². The normalized spacial score (nSPS) is 12.3. The molecule has 1 aromatic carbocycles. The Morgan fingerprint density at radius 3 is 2.78 bits per heavy atom. The molecule has 0 saturated heterocycles. The first-order chi connectivity index (χ1) is 11.2. The molecular formula is C17H14N2O3S. The highest BCUT2D eigenvalue weighted by Crippen LogP contribution is 2.38. The molecule has 0 fully saturated rings. The number of amides is 1. The predicted molar refractivity (Wildman–Crippen MR) is 86.4 cm³/mol. The Bertz CT molecular complexity index is 790. The van der Waals surface area contributed by atoms with Crippen molar-refractivity contribution in [3.05, 3.63) is 51.9 Å². The lowest BCUT2D eigenvalue weighted by Gasteiger charge is -2.06. The summed E-state index contributed by atoms with van der Waals surface area (Å²) < 4.78 is 4.98. The van der Waals surface area contributed by atoms with Gasteiger partial charge in [0.25, 0.3) is 5.91 Å². The topological polar surface area (TPSA) is 79.2 Å². The van der Waals surface area contributed by atoms with Crippen LogP contribution in [-0.2, 0) is 22.4 Å². The second kappa shape index (κ2) is 6.63. The number of nitrogens with one attached hydrogen (secondary N) is 1. The van der Waals surface area contributed by atoms with Crippen molar-refractivity contribution >= 4 is 28.2 Å². The summed E-state index contributed by atoms with van der Waals surface area (Å²) in [6.07, 6.45) is 2.89. The second-order valence-corrected chi connectivity index (χ2v) is 6.27. The molecule has 1 aliphatic rings. The summed E-state index contributed by atoms with van der Waals surface area (Å²) in [6.45, 7) is -0.374. The monoisotopic (exact) mass is 326 g/mol. The number of rotatable bonds is 4. The van der Waals surface area contributed by atoms with E-state index in [4.69, 9.17) is 4.74 Å². The van der Waals surface area contributed by atoms with Gasteiger partial charge in [0.1, 0.15) is 11.1 Å². The zero-order chi connectivity index (χ0) is 16.2. The summed E-state index contributed by atoms with van der Waals surface area (Å²) in [4.78, 5) is 24.9. The van der Waals surface area contributed by atoms with Crippen LogP contribution in [0.1, 0.15) is 32.8 Å². The van der Waals surface area contributed by atoms with Crippen LogP contribution in [0.3, 0.4) is 0 Å². The highest BCUT2D eigenvalue weighted by Gasteiger charge is 2.23. The van der Waals surface area contributed by atoms with E-state index >= 15 is 0 Å². The van der Waals surface area contributed by atoms with Crippen molar-refractivity contribution in [2.75, 3.05) is 11.9 Å². The summed E-state index contributed by atoms with van der Waals surface area (Å²) in [6, 6.07) is 10.7. The Kier molecular flexibility index (Phi) is 4.40. The van der Waals surface area contributed by atoms with Gasteiger partial charge in [-0.2, -0.15) is 5.26 Å². The highest BCUT2D eigenvalue weighted by molar-refractivity contribution is 7.16. The predicted octanol–water partition coefficient (Wildman–Crippen LogP) is 2.90. The Labute approximate surface area is 137 Å². The average Bonchev–Trinajstić information content (AvgIpc) is 3.14. The minimum Gasteiger partial charge on any atom is -0.452 e. The zero-order valence-electron chi connectivity index (χ0n) is 12.3. The van der Waals surface area contributed by atoms with E-state index in [1.807, 2.05) is 0 Å². The third-order valence-corrected chi connectivity index (χ3v) is 4.84. The van der Waals surface area contributed by atoms with Crippen LogP contribution >= 0.6 is 11.3 Å². The summed E-state index contributed by atoms with van der Waals surface area (Å²) >= 11 is 1.44. The molecular weight excluding hydrogens is 312 g/mol. The summed E-state index contributed by atoms with van der Waals surface area (Å²) in [5.74, 6) is -0.986. The molecule has 0 radical (unpaired) electrons. The minimum atomic E-state index is -0.546. The van der Waals surface area contributed by atoms with Gasteiger partial charge in [0.05, 0.1) is 11.1 Å². The SMILES string of the molecule is N#Cc1c(NC(=O)COC(=O)c2ccccc2)sc2c1CCC2. The Balaban J connectivity index is 1.60. The average molecular weight is 326 g/mol. The van der Waals surface area contributed by atoms with E-state index in [0.29, 0.717) is 16.1 Å². The maximum absolute atomic E-state index is 12.0. The van der Waals surface area contributed by atoms with Gasteiger partial charge in [-0.05, 0) is 37.0 Å². The lowest BCUT2D eigenvalue weighted by molar-refractivity contribution is -0.119. The van der Waals surface area contributed by atoms with Gasteiger partial charge in [-0.3, -0.25) is 4.79 Å². The van der Waals surface area contributed by atoms with Crippen molar-refractivity contribution < 1.29 is 14.3 Å². The largest absolute Gasteiger partial charge is 0.452 e. The Hall–Kier alpha value is -2.65. The molecule has 1 amide bonds. The Morgan fingerprint density at radius 1 is 1.26 bits per heavy atom. The van der Waals surface area contributed by atoms with Crippen molar-refractivity contribution in [1.82, 2.24) is 0 Å². The third-order valence-electron chi connectivity index (χ3n) is 3.63. The summed E-state index contributed by atoms with van der Waals surface area (Å²) in [5, 5.41) is 12.5. The molecule has 1 aliphatic carbocycles. The van der Waals surface area contributed by atoms with Crippen molar-refractivity contribution in [1.29, 1.82) is 5.26 Å². The first kappa shape index (κ1) is 15.3. The van der Waals surface area contributed by atoms with Gasteiger partial charge in [-0.25, -0.2) is 4.79 Å². The fourth-order valence-corrected chi connectivity index (χ4v) is 3.82. The number of anilines is 1. The number of fused-ring (bicyclic) bond motifs is 1. The van der Waals surface area contributed by atoms with Gasteiger partial charge in [-0.15, -0.1) is 11.3 Å². The molecule has 0 saturated carbocycles. The number of nitrogens with zero attached hydrogens (tertiary/aromatic N) is 1. The highest BCUT2D eigenvalue weighted by atomic mass is 32.1. The Morgan fingerprint density at radius 2 is 2.04 bits per heavy atom. The number of esters is 1. The molecule has 0 unspecified atom stereocenters. The molecule has 116 valence electrons. The quantitative estimate of drug-likeness (QED) is 0.876. The molecule has 0 bridgehead atoms. The van der Waals surface area contributed by atoms with Crippen LogP contribution in [-0.4, -0.2) is 18.5 Å². The number of thiophene rings is 1. The maximum atomic E-state index is 12.0. The van der Waals surface area contributed by atoms with Gasteiger partial charge >= 0.3 is 5.97 Å². The number of benzene rings is 1. The van der Waals surface area contributed by atoms with Gasteiger partial charge in [-0.1, -0.05) is 18.2 Å². The minimum absolute atomic E-state index is 0.374. The molecule has 1 aromatic heterocycles. The van der Waals surface area contributed by atoms with Crippen LogP contribution in [0.4, 0.5) is 5.00 Å². The number of ether oxygens (including phenoxy) is 1. The fraction of sp³-hybridized carbons (Fsp3) is 0.235. The second-order valence-electron chi connectivity index (χ2n) is 5.16. The van der Waals surface area contributed by atoms with E-state index in [1.165, 1.54) is 11.3 Å². The van der Waals surface area contributed by atoms with Crippen LogP contribution in [0, 0.1) is 11.3 Å². The smallest absolute Gasteiger partial charge is 0.338 e. The van der Waals surface area contributed by atoms with E-state index in [9.17, 15) is 14.9 Å². The number of nitriles is 1. The van der Waals surface area contributed by atoms with Crippen LogP contribution in [0.15, 0.2) is 30.3 Å². The third kappa shape index (κ3) is 3.25. The lowest BCUT2D eigenvalue weighted by atomic mass is 10.1. The molecule has 6 heteroatoms. The van der Waals surface area contributed by atoms with E-state index in [2.05, 4.69) is 11.4 Å². The molecule has 23 heavy (non-hydrogen) atoms. The first-order valence-corrected chi connectivity index (χ1v) is 8.07.